The normalized spacial score (nSPS) is 37.3. The molecule has 0 aromatic rings. The number of esters is 2. The molecule has 0 aromatic carbocycles. The van der Waals surface area contributed by atoms with Gasteiger partial charge >= 0.3 is 11.9 Å². The fourth-order valence-electron chi connectivity index (χ4n) is 4.34. The van der Waals surface area contributed by atoms with Gasteiger partial charge in [-0.15, -0.1) is 0 Å². The highest BCUT2D eigenvalue weighted by molar-refractivity contribution is 5.79. The maximum atomic E-state index is 13.2. The second-order valence-corrected chi connectivity index (χ2v) is 10.1. The fourth-order valence-corrected chi connectivity index (χ4v) is 4.34. The summed E-state index contributed by atoms with van der Waals surface area (Å²) in [6, 6.07) is 0. The van der Waals surface area contributed by atoms with Gasteiger partial charge in [-0.2, -0.15) is 0 Å². The second kappa shape index (κ2) is 5.20. The highest BCUT2D eigenvalue weighted by Gasteiger charge is 2.65. The summed E-state index contributed by atoms with van der Waals surface area (Å²) in [5.74, 6) is -0.594. The van der Waals surface area contributed by atoms with Gasteiger partial charge in [0.15, 0.2) is 12.2 Å². The molecule has 2 bridgehead atoms. The Morgan fingerprint density at radius 3 is 2.29 bits per heavy atom. The van der Waals surface area contributed by atoms with E-state index >= 15 is 0 Å². The number of fused-ring (bicyclic) bond motifs is 1. The van der Waals surface area contributed by atoms with Crippen LogP contribution in [0.25, 0.3) is 0 Å². The van der Waals surface area contributed by atoms with Crippen molar-refractivity contribution in [2.75, 3.05) is 0 Å². The molecule has 6 atom stereocenters. The van der Waals surface area contributed by atoms with Crippen LogP contribution in [-0.2, 0) is 23.8 Å². The van der Waals surface area contributed by atoms with Gasteiger partial charge < -0.3 is 14.2 Å². The Hall–Kier alpha value is -1.10. The van der Waals surface area contributed by atoms with Crippen molar-refractivity contribution in [1.29, 1.82) is 0 Å². The highest BCUT2D eigenvalue weighted by atomic mass is 16.7. The highest BCUT2D eigenvalue weighted by Crippen LogP contribution is 2.51. The third-order valence-corrected chi connectivity index (χ3v) is 6.02. The first-order valence-corrected chi connectivity index (χ1v) is 8.90. The minimum Gasteiger partial charge on any atom is -0.455 e. The number of carbonyl (C=O) groups is 2. The third kappa shape index (κ3) is 2.65. The average Bonchev–Trinajstić information content (AvgIpc) is 2.99. The van der Waals surface area contributed by atoms with E-state index in [1.807, 2.05) is 6.92 Å². The lowest BCUT2D eigenvalue weighted by Gasteiger charge is -2.44. The van der Waals surface area contributed by atoms with Gasteiger partial charge in [0.2, 0.25) is 0 Å². The molecule has 3 aliphatic rings. The monoisotopic (exact) mass is 338 g/mol. The Morgan fingerprint density at radius 1 is 1.12 bits per heavy atom. The smallest absolute Gasteiger partial charge is 0.312 e. The zero-order valence-electron chi connectivity index (χ0n) is 15.8. The van der Waals surface area contributed by atoms with Crippen molar-refractivity contribution in [2.45, 2.75) is 85.7 Å². The topological polar surface area (TPSA) is 61.8 Å². The van der Waals surface area contributed by atoms with E-state index in [1.54, 1.807) is 0 Å². The molecule has 3 rings (SSSR count). The number of carbonyl (C=O) groups excluding carboxylic acids is 2. The SMILES string of the molecule is CC(C)(C)CC(C)(C(=O)OC1C2CC3C(=O)OC1C3O2)C(C)(C)C. The van der Waals surface area contributed by atoms with E-state index in [0.717, 1.165) is 6.42 Å². The van der Waals surface area contributed by atoms with Crippen molar-refractivity contribution in [3.63, 3.8) is 0 Å². The van der Waals surface area contributed by atoms with E-state index in [9.17, 15) is 9.59 Å². The quantitative estimate of drug-likeness (QED) is 0.740. The first-order chi connectivity index (χ1) is 10.8. The van der Waals surface area contributed by atoms with Crippen molar-refractivity contribution in [2.24, 2.45) is 22.2 Å². The lowest BCUT2D eigenvalue weighted by Crippen LogP contribution is -2.48. The van der Waals surface area contributed by atoms with Crippen LogP contribution in [0.15, 0.2) is 0 Å². The summed E-state index contributed by atoms with van der Waals surface area (Å²) in [4.78, 5) is 25.0. The first kappa shape index (κ1) is 17.7. The zero-order chi connectivity index (χ0) is 18.1. The van der Waals surface area contributed by atoms with Crippen LogP contribution in [0, 0.1) is 22.2 Å². The van der Waals surface area contributed by atoms with Crippen LogP contribution in [0.2, 0.25) is 0 Å². The van der Waals surface area contributed by atoms with Crippen molar-refractivity contribution >= 4 is 11.9 Å². The predicted molar refractivity (Wildman–Crippen MR) is 88.2 cm³/mol. The van der Waals surface area contributed by atoms with Gasteiger partial charge in [-0.05, 0) is 30.6 Å². The Morgan fingerprint density at radius 2 is 1.75 bits per heavy atom. The molecule has 5 nitrogen and oxygen atoms in total. The van der Waals surface area contributed by atoms with Crippen molar-refractivity contribution in [3.05, 3.63) is 0 Å². The molecule has 0 aliphatic carbocycles. The number of hydrogen-bond donors (Lipinski definition) is 0. The van der Waals surface area contributed by atoms with Crippen LogP contribution in [0.3, 0.4) is 0 Å². The molecule has 3 aliphatic heterocycles. The molecule has 0 amide bonds. The van der Waals surface area contributed by atoms with Crippen LogP contribution in [0.5, 0.6) is 0 Å². The maximum absolute atomic E-state index is 13.2. The van der Waals surface area contributed by atoms with Crippen LogP contribution >= 0.6 is 0 Å². The lowest BCUT2D eigenvalue weighted by molar-refractivity contribution is -0.178. The summed E-state index contributed by atoms with van der Waals surface area (Å²) in [5, 5.41) is 0. The molecule has 3 fully saturated rings. The van der Waals surface area contributed by atoms with Gasteiger partial charge in [0.05, 0.1) is 17.4 Å². The van der Waals surface area contributed by atoms with Crippen molar-refractivity contribution < 1.29 is 23.8 Å². The van der Waals surface area contributed by atoms with Crippen LogP contribution < -0.4 is 0 Å². The summed E-state index contributed by atoms with van der Waals surface area (Å²) in [6.07, 6.45) is -0.0143. The van der Waals surface area contributed by atoms with E-state index in [4.69, 9.17) is 14.2 Å². The molecule has 3 saturated heterocycles. The van der Waals surface area contributed by atoms with Crippen LogP contribution in [-0.4, -0.2) is 36.4 Å². The summed E-state index contributed by atoms with van der Waals surface area (Å²) < 4.78 is 17.2. The molecule has 0 saturated carbocycles. The zero-order valence-corrected chi connectivity index (χ0v) is 15.8. The largest absolute Gasteiger partial charge is 0.455 e. The Labute approximate surface area is 144 Å². The predicted octanol–water partition coefficient (Wildman–Crippen LogP) is 3.10. The number of hydrogen-bond acceptors (Lipinski definition) is 5. The third-order valence-electron chi connectivity index (χ3n) is 6.02. The average molecular weight is 338 g/mol. The summed E-state index contributed by atoms with van der Waals surface area (Å²) in [5.41, 5.74) is -0.878. The van der Waals surface area contributed by atoms with Gasteiger partial charge in [-0.1, -0.05) is 41.5 Å². The fraction of sp³-hybridized carbons (Fsp3) is 0.895. The van der Waals surface area contributed by atoms with E-state index in [1.165, 1.54) is 0 Å². The Kier molecular flexibility index (Phi) is 3.84. The second-order valence-electron chi connectivity index (χ2n) is 10.1. The molecule has 0 radical (unpaired) electrons. The van der Waals surface area contributed by atoms with E-state index in [0.29, 0.717) is 6.42 Å². The molecule has 24 heavy (non-hydrogen) atoms. The van der Waals surface area contributed by atoms with E-state index in [2.05, 4.69) is 41.5 Å². The minimum atomic E-state index is -0.630. The molecule has 0 N–H and O–H groups in total. The Balaban J connectivity index is 1.79. The van der Waals surface area contributed by atoms with Gasteiger partial charge in [-0.25, -0.2) is 0 Å². The van der Waals surface area contributed by atoms with Gasteiger partial charge in [0.25, 0.3) is 0 Å². The molecule has 0 aromatic heterocycles. The van der Waals surface area contributed by atoms with E-state index < -0.39 is 17.6 Å². The van der Waals surface area contributed by atoms with Crippen molar-refractivity contribution in [3.8, 4) is 0 Å². The van der Waals surface area contributed by atoms with Crippen LogP contribution in [0.1, 0.15) is 61.3 Å². The molecule has 5 heteroatoms. The molecule has 136 valence electrons. The summed E-state index contributed by atoms with van der Waals surface area (Å²) >= 11 is 0. The molecule has 0 spiro atoms. The first-order valence-electron chi connectivity index (χ1n) is 8.90. The Bertz CT molecular complexity index is 555. The lowest BCUT2D eigenvalue weighted by atomic mass is 9.61. The van der Waals surface area contributed by atoms with Gasteiger partial charge in [0, 0.05) is 0 Å². The number of rotatable bonds is 3. The molecule has 3 heterocycles. The van der Waals surface area contributed by atoms with Crippen molar-refractivity contribution in [1.82, 2.24) is 0 Å². The molecular formula is C19H30O5. The minimum absolute atomic E-state index is 0.00283. The maximum Gasteiger partial charge on any atom is 0.312 e. The van der Waals surface area contributed by atoms with E-state index in [-0.39, 0.29) is 40.9 Å². The summed E-state index contributed by atoms with van der Waals surface area (Å²) in [7, 11) is 0. The standard InChI is InChI=1S/C19H30O5/c1-17(2,3)9-19(7,18(4,5)6)16(21)24-13-11-8-10-12(22-11)14(13)23-15(10)20/h10-14H,8-9H2,1-7H3. The molecular weight excluding hydrogens is 308 g/mol. The summed E-state index contributed by atoms with van der Waals surface area (Å²) in [6.45, 7) is 14.6. The van der Waals surface area contributed by atoms with Crippen LogP contribution in [0.4, 0.5) is 0 Å². The molecule has 6 unspecified atom stereocenters. The van der Waals surface area contributed by atoms with Gasteiger partial charge in [-0.3, -0.25) is 9.59 Å². The van der Waals surface area contributed by atoms with Gasteiger partial charge in [0.1, 0.15) is 6.10 Å². The number of ether oxygens (including phenoxy) is 3.